The minimum atomic E-state index is -0.501. The lowest BCUT2D eigenvalue weighted by Crippen LogP contribution is -2.30. The van der Waals surface area contributed by atoms with Gasteiger partial charge in [0, 0.05) is 11.9 Å². The number of carbonyl (C=O) groups is 2. The molecule has 6 heteroatoms. The number of furan rings is 1. The van der Waals surface area contributed by atoms with Gasteiger partial charge in [-0.05, 0) is 66.7 Å². The average Bonchev–Trinajstić information content (AvgIpc) is 3.55. The second kappa shape index (κ2) is 10.4. The van der Waals surface area contributed by atoms with Crippen LogP contribution in [-0.4, -0.2) is 30.0 Å². The minimum Gasteiger partial charge on any atom is -0.465 e. The molecular formula is C29H26N2O4. The van der Waals surface area contributed by atoms with Crippen molar-refractivity contribution in [2.75, 3.05) is 13.2 Å². The van der Waals surface area contributed by atoms with Gasteiger partial charge in [0.05, 0.1) is 23.0 Å². The Labute approximate surface area is 203 Å². The highest BCUT2D eigenvalue weighted by atomic mass is 16.5. The van der Waals surface area contributed by atoms with Gasteiger partial charge in [-0.25, -0.2) is 9.78 Å². The van der Waals surface area contributed by atoms with E-state index in [-0.39, 0.29) is 12.5 Å². The molecule has 35 heavy (non-hydrogen) atoms. The number of carbonyl (C=O) groups excluding carboxylic acids is 2. The summed E-state index contributed by atoms with van der Waals surface area (Å²) in [5.74, 6) is -0.0609. The second-order valence-corrected chi connectivity index (χ2v) is 8.53. The van der Waals surface area contributed by atoms with E-state index in [9.17, 15) is 9.59 Å². The van der Waals surface area contributed by atoms with Gasteiger partial charge in [-0.2, -0.15) is 0 Å². The van der Waals surface area contributed by atoms with Crippen LogP contribution in [0.15, 0.2) is 77.4 Å². The zero-order chi connectivity index (χ0) is 24.0. The lowest BCUT2D eigenvalue weighted by atomic mass is 10.0. The number of rotatable bonds is 8. The third-order valence-corrected chi connectivity index (χ3v) is 6.15. The fourth-order valence-electron chi connectivity index (χ4n) is 4.48. The molecule has 0 fully saturated rings. The molecule has 6 nitrogen and oxygen atoms in total. The highest BCUT2D eigenvalue weighted by Gasteiger charge is 2.28. The van der Waals surface area contributed by atoms with Crippen LogP contribution in [0.4, 0.5) is 0 Å². The normalized spacial score (nSPS) is 13.7. The van der Waals surface area contributed by atoms with Crippen molar-refractivity contribution in [3.63, 3.8) is 0 Å². The van der Waals surface area contributed by atoms with E-state index in [0.717, 1.165) is 52.8 Å². The van der Waals surface area contributed by atoms with Gasteiger partial charge in [-0.3, -0.25) is 4.79 Å². The Balaban J connectivity index is 1.28. The molecule has 0 bridgehead atoms. The number of allylic oxidation sites excluding steroid dienone is 1. The van der Waals surface area contributed by atoms with E-state index in [1.165, 1.54) is 5.56 Å². The average molecular weight is 467 g/mol. The van der Waals surface area contributed by atoms with Crippen LogP contribution < -0.4 is 5.32 Å². The maximum atomic E-state index is 13.2. The quantitative estimate of drug-likeness (QED) is 0.284. The monoisotopic (exact) mass is 466 g/mol. The molecule has 1 N–H and O–H groups in total. The van der Waals surface area contributed by atoms with E-state index in [1.54, 1.807) is 6.26 Å². The summed E-state index contributed by atoms with van der Waals surface area (Å²) in [4.78, 5) is 30.3. The summed E-state index contributed by atoms with van der Waals surface area (Å²) in [5, 5.41) is 3.57. The van der Waals surface area contributed by atoms with Gasteiger partial charge >= 0.3 is 5.97 Å². The molecule has 1 aliphatic carbocycles. The molecule has 2 aromatic heterocycles. The largest absolute Gasteiger partial charge is 0.465 e. The summed E-state index contributed by atoms with van der Waals surface area (Å²) in [5.41, 5.74) is 5.10. The van der Waals surface area contributed by atoms with Gasteiger partial charge in [0.1, 0.15) is 5.76 Å². The Bertz CT molecular complexity index is 1370. The van der Waals surface area contributed by atoms with Crippen LogP contribution in [0.2, 0.25) is 0 Å². The zero-order valence-corrected chi connectivity index (χ0v) is 19.3. The highest BCUT2D eigenvalue weighted by molar-refractivity contribution is 6.07. The predicted molar refractivity (Wildman–Crippen MR) is 135 cm³/mol. The number of hydrogen-bond donors (Lipinski definition) is 1. The van der Waals surface area contributed by atoms with Crippen LogP contribution in [-0.2, 0) is 22.4 Å². The number of esters is 1. The standard InChI is InChI=1S/C29H26N2O4/c32-26(30-16-6-10-20-8-2-1-3-9-20)19-35-29(33)27-23-12-4-5-13-25(23)31-28-21(14-15-24(27)28)18-22-11-7-17-34-22/h1-5,7-9,11-13,17-18H,6,10,14-16,19H2,(H,30,32)/b21-18+. The number of nitrogens with zero attached hydrogens (tertiary/aromatic N) is 1. The summed E-state index contributed by atoms with van der Waals surface area (Å²) < 4.78 is 10.9. The molecule has 1 amide bonds. The first-order chi connectivity index (χ1) is 17.2. The van der Waals surface area contributed by atoms with E-state index in [1.807, 2.05) is 60.7 Å². The second-order valence-electron chi connectivity index (χ2n) is 8.53. The van der Waals surface area contributed by atoms with Crippen molar-refractivity contribution >= 4 is 34.4 Å². The summed E-state index contributed by atoms with van der Waals surface area (Å²) in [6, 6.07) is 21.4. The molecule has 176 valence electrons. The smallest absolute Gasteiger partial charge is 0.339 e. The Kier molecular flexibility index (Phi) is 6.70. The van der Waals surface area contributed by atoms with Crippen molar-refractivity contribution in [2.24, 2.45) is 0 Å². The molecule has 2 aromatic carbocycles. The van der Waals surface area contributed by atoms with E-state index in [4.69, 9.17) is 14.1 Å². The number of ether oxygens (including phenoxy) is 1. The molecular weight excluding hydrogens is 440 g/mol. The Hall–Kier alpha value is -4.19. The highest BCUT2D eigenvalue weighted by Crippen LogP contribution is 2.37. The summed E-state index contributed by atoms with van der Waals surface area (Å²) in [6.45, 7) is 0.213. The van der Waals surface area contributed by atoms with Crippen LogP contribution in [0.3, 0.4) is 0 Å². The first kappa shape index (κ1) is 22.6. The number of aryl methyl sites for hydroxylation is 1. The van der Waals surface area contributed by atoms with Crippen LogP contribution in [0.1, 0.15) is 45.8 Å². The van der Waals surface area contributed by atoms with E-state index < -0.39 is 5.97 Å². The third kappa shape index (κ3) is 5.17. The number of nitrogens with one attached hydrogen (secondary N) is 1. The summed E-state index contributed by atoms with van der Waals surface area (Å²) in [6.07, 6.45) is 6.72. The predicted octanol–water partition coefficient (Wildman–Crippen LogP) is 5.22. The maximum absolute atomic E-state index is 13.2. The number of pyridine rings is 1. The van der Waals surface area contributed by atoms with Crippen LogP contribution >= 0.6 is 0 Å². The number of amides is 1. The molecule has 0 spiro atoms. The third-order valence-electron chi connectivity index (χ3n) is 6.15. The zero-order valence-electron chi connectivity index (χ0n) is 19.3. The lowest BCUT2D eigenvalue weighted by molar-refractivity contribution is -0.124. The fourth-order valence-corrected chi connectivity index (χ4v) is 4.48. The van der Waals surface area contributed by atoms with Gasteiger partial charge in [-0.15, -0.1) is 0 Å². The number of hydrogen-bond acceptors (Lipinski definition) is 5. The lowest BCUT2D eigenvalue weighted by Gasteiger charge is -2.12. The van der Waals surface area contributed by atoms with Crippen LogP contribution in [0, 0.1) is 0 Å². The molecule has 5 rings (SSSR count). The summed E-state index contributed by atoms with van der Waals surface area (Å²) in [7, 11) is 0. The van der Waals surface area contributed by atoms with Crippen LogP contribution in [0.25, 0.3) is 22.6 Å². The SMILES string of the molecule is O=C(COC(=O)c1c2c(nc3ccccc13)/C(=C/c1ccco1)CC2)NCCCc1ccccc1. The topological polar surface area (TPSA) is 81.4 Å². The van der Waals surface area contributed by atoms with Crippen LogP contribution in [0.5, 0.6) is 0 Å². The first-order valence-corrected chi connectivity index (χ1v) is 11.8. The van der Waals surface area contributed by atoms with Crippen molar-refractivity contribution in [2.45, 2.75) is 25.7 Å². The van der Waals surface area contributed by atoms with Crippen molar-refractivity contribution in [3.05, 3.63) is 101 Å². The number of aromatic nitrogens is 1. The Morgan fingerprint density at radius 2 is 1.83 bits per heavy atom. The molecule has 0 saturated carbocycles. The Morgan fingerprint density at radius 1 is 1.00 bits per heavy atom. The van der Waals surface area contributed by atoms with Gasteiger partial charge in [0.25, 0.3) is 5.91 Å². The minimum absolute atomic E-state index is 0.306. The number of para-hydroxylation sites is 1. The first-order valence-electron chi connectivity index (χ1n) is 11.8. The van der Waals surface area contributed by atoms with Gasteiger partial charge in [0.2, 0.25) is 0 Å². The van der Waals surface area contributed by atoms with E-state index in [2.05, 4.69) is 17.4 Å². The van der Waals surface area contributed by atoms with E-state index >= 15 is 0 Å². The fraction of sp³-hybridized carbons (Fsp3) is 0.207. The number of fused-ring (bicyclic) bond motifs is 2. The van der Waals surface area contributed by atoms with Gasteiger partial charge < -0.3 is 14.5 Å². The van der Waals surface area contributed by atoms with E-state index in [0.29, 0.717) is 18.5 Å². The molecule has 4 aromatic rings. The molecule has 0 aliphatic heterocycles. The number of benzene rings is 2. The van der Waals surface area contributed by atoms with Gasteiger partial charge in [0.15, 0.2) is 6.61 Å². The maximum Gasteiger partial charge on any atom is 0.339 e. The molecule has 0 saturated heterocycles. The van der Waals surface area contributed by atoms with Crippen molar-refractivity contribution in [1.82, 2.24) is 10.3 Å². The van der Waals surface area contributed by atoms with Crippen molar-refractivity contribution in [3.8, 4) is 0 Å². The molecule has 0 atom stereocenters. The molecule has 0 radical (unpaired) electrons. The van der Waals surface area contributed by atoms with Crippen molar-refractivity contribution in [1.29, 1.82) is 0 Å². The summed E-state index contributed by atoms with van der Waals surface area (Å²) >= 11 is 0. The van der Waals surface area contributed by atoms with Gasteiger partial charge in [-0.1, -0.05) is 48.5 Å². The molecule has 2 heterocycles. The van der Waals surface area contributed by atoms with Crippen molar-refractivity contribution < 1.29 is 18.7 Å². The Morgan fingerprint density at radius 3 is 2.66 bits per heavy atom. The molecule has 1 aliphatic rings. The molecule has 0 unspecified atom stereocenters.